The second kappa shape index (κ2) is 27.1. The normalized spacial score (nSPS) is 50.8. The van der Waals surface area contributed by atoms with Crippen LogP contribution >= 0.6 is 0 Å². The molecule has 1 spiro atoms. The molecule has 0 aromatic rings. The summed E-state index contributed by atoms with van der Waals surface area (Å²) in [6, 6.07) is -0.685. The first-order chi connectivity index (χ1) is 41.9. The Balaban J connectivity index is 0.918. The number of rotatable bonds is 13. The molecule has 7 N–H and O–H groups in total. The number of Topliss-reactive ketones (excluding diaryl/α,β-unsaturated/α-hetero) is 1. The molecule has 10 aliphatic rings. The van der Waals surface area contributed by atoms with E-state index in [-0.39, 0.29) is 78.9 Å². The lowest BCUT2D eigenvalue weighted by atomic mass is 9.49. The van der Waals surface area contributed by atoms with Crippen LogP contribution < -0.4 is 5.32 Å². The van der Waals surface area contributed by atoms with Crippen LogP contribution in [0.5, 0.6) is 0 Å². The molecule has 6 aliphatic heterocycles. The zero-order valence-corrected chi connectivity index (χ0v) is 54.6. The molecule has 1 amide bonds. The van der Waals surface area contributed by atoms with Crippen molar-refractivity contribution in [1.82, 2.24) is 5.32 Å². The van der Waals surface area contributed by atoms with E-state index >= 15 is 4.79 Å². The minimum absolute atomic E-state index is 0.0322. The van der Waals surface area contributed by atoms with Gasteiger partial charge in [-0.3, -0.25) is 9.59 Å². The molecule has 0 aromatic heterocycles. The average molecular weight is 1250 g/mol. The number of ether oxygens (including phenoxy) is 11. The molecule has 31 unspecified atom stereocenters. The van der Waals surface area contributed by atoms with E-state index in [0.29, 0.717) is 19.3 Å². The minimum atomic E-state index is -1.65. The van der Waals surface area contributed by atoms with Crippen LogP contribution in [0.3, 0.4) is 0 Å². The van der Waals surface area contributed by atoms with E-state index in [9.17, 15) is 40.2 Å². The van der Waals surface area contributed by atoms with Gasteiger partial charge in [-0.2, -0.15) is 0 Å². The van der Waals surface area contributed by atoms with Crippen molar-refractivity contribution in [1.29, 1.82) is 0 Å². The molecular weight excluding hydrogens is 1150 g/mol. The number of carbonyl (C=O) groups excluding carboxylic acids is 3. The van der Waals surface area contributed by atoms with Crippen LogP contribution in [0.25, 0.3) is 0 Å². The number of allylic oxidation sites excluding steroid dienone is 4. The Hall–Kier alpha value is -3.49. The summed E-state index contributed by atoms with van der Waals surface area (Å²) >= 11 is 0. The second-order valence-electron chi connectivity index (χ2n) is 28.7. The molecular formula is C68H103NO20. The van der Waals surface area contributed by atoms with E-state index < -0.39 is 169 Å². The molecule has 1 saturated carbocycles. The Morgan fingerprint density at radius 3 is 1.93 bits per heavy atom. The van der Waals surface area contributed by atoms with E-state index in [1.165, 1.54) is 6.92 Å². The molecule has 4 aliphatic carbocycles. The van der Waals surface area contributed by atoms with Crippen LogP contribution in [0, 0.1) is 52.8 Å². The van der Waals surface area contributed by atoms with Crippen molar-refractivity contribution in [3.8, 4) is 0 Å². The smallest absolute Gasteiger partial charge is 0.346 e. The highest BCUT2D eigenvalue weighted by Gasteiger charge is 2.64. The predicted molar refractivity (Wildman–Crippen MR) is 322 cm³/mol. The number of esters is 1. The number of hydrogen-bond acceptors (Lipinski definition) is 20. The van der Waals surface area contributed by atoms with E-state index in [1.54, 1.807) is 27.7 Å². The van der Waals surface area contributed by atoms with E-state index in [4.69, 9.17) is 52.1 Å². The highest BCUT2D eigenvalue weighted by atomic mass is 16.8. The number of nitrogens with one attached hydrogen (secondary N) is 1. The SMILES string of the molecule is CCCC1C=CC2/C=C(\C)C(OC3CC(C)(O)C(NC(C)=O)C(C)O3)C(C)/C=C(\C)C3C=CC4C(OC5CC(O)C(OC6CC(OC7CCC(O)C(C)O7)C(OC7CC(O)C(O)C(C)O7)C(C)O6)C(C)O5)C(C)CC(C)C4C3(C)C(O)=C3C(=O)OC2(C1)C3=O. The predicted octanol–water partition coefficient (Wildman–Crippen LogP) is 6.99. The van der Waals surface area contributed by atoms with Gasteiger partial charge >= 0.3 is 5.97 Å². The van der Waals surface area contributed by atoms with E-state index in [2.05, 4.69) is 57.3 Å². The average Bonchev–Trinajstić information content (AvgIpc) is 1.70. The first-order valence-corrected chi connectivity index (χ1v) is 33.2. The number of aliphatic hydroxyl groups excluding tert-OH is 5. The molecule has 10 rings (SSSR count). The van der Waals surface area contributed by atoms with Gasteiger partial charge in [-0.1, -0.05) is 83.1 Å². The van der Waals surface area contributed by atoms with Crippen molar-refractivity contribution in [2.24, 2.45) is 52.8 Å². The standard InChI is InChI=1S/C68H103NO20/c1-15-16-42-17-18-43-25-35(6)58(88-54-30-66(13,78)62(40(11)83-54)69-41(12)70)33(4)23-31(2)45-20-19-44-56(67(45,14)63(75)55-64(76)68(43,29-42)89-65(55)77)32(3)24-34(5)59(44)85-52-27-48(73)60(38(9)81-52)86-53-28-49(84-50-22-21-46(71)36(7)79-50)61(39(10)82-53)87-51-26-47(72)57(74)37(8)80-51/h17-20,23,25,32-34,36-40,42-54,56-62,71-75,78H,15-16,21-22,24,26-30H2,1-14H3,(H,69,70)/b31-23+,35-25+,63-55?. The van der Waals surface area contributed by atoms with Crippen molar-refractivity contribution in [2.75, 3.05) is 0 Å². The van der Waals surface area contributed by atoms with Crippen molar-refractivity contribution in [3.63, 3.8) is 0 Å². The Morgan fingerprint density at radius 2 is 1.28 bits per heavy atom. The maximum absolute atomic E-state index is 15.7. The number of hydrogen-bond donors (Lipinski definition) is 7. The largest absolute Gasteiger partial charge is 0.511 e. The first-order valence-electron chi connectivity index (χ1n) is 33.2. The highest BCUT2D eigenvalue weighted by molar-refractivity contribution is 6.26. The summed E-state index contributed by atoms with van der Waals surface area (Å²) < 4.78 is 71.9. The van der Waals surface area contributed by atoms with Gasteiger partial charge < -0.3 is 88.1 Å². The van der Waals surface area contributed by atoms with Gasteiger partial charge in [0, 0.05) is 74.5 Å². The third-order valence-electron chi connectivity index (χ3n) is 21.7. The van der Waals surface area contributed by atoms with Crippen molar-refractivity contribution in [2.45, 2.75) is 295 Å². The van der Waals surface area contributed by atoms with Gasteiger partial charge in [0.25, 0.3) is 0 Å². The molecule has 31 atom stereocenters. The van der Waals surface area contributed by atoms with Crippen LogP contribution in [-0.4, -0.2) is 182 Å². The number of ketones is 1. The molecule has 500 valence electrons. The van der Waals surface area contributed by atoms with Crippen LogP contribution in [0.15, 0.2) is 58.9 Å². The van der Waals surface area contributed by atoms with E-state index in [1.807, 2.05) is 46.8 Å². The Bertz CT molecular complexity index is 2690. The third kappa shape index (κ3) is 13.6. The number of carbonyl (C=O) groups is 3. The highest BCUT2D eigenvalue weighted by Crippen LogP contribution is 2.61. The quantitative estimate of drug-likeness (QED) is 0.0556. The summed E-state index contributed by atoms with van der Waals surface area (Å²) in [5.41, 5.74) is -3.01. The molecule has 0 aromatic carbocycles. The fraction of sp³-hybridized carbons (Fsp3) is 0.809. The summed E-state index contributed by atoms with van der Waals surface area (Å²) in [7, 11) is 0. The Kier molecular flexibility index (Phi) is 20.8. The van der Waals surface area contributed by atoms with Gasteiger partial charge in [0.15, 0.2) is 37.1 Å². The summed E-state index contributed by atoms with van der Waals surface area (Å²) in [6.07, 6.45) is 1.51. The Morgan fingerprint density at radius 1 is 0.652 bits per heavy atom. The topological polar surface area (TPSA) is 286 Å². The van der Waals surface area contributed by atoms with Gasteiger partial charge in [0.2, 0.25) is 11.7 Å². The lowest BCUT2D eigenvalue weighted by molar-refractivity contribution is -0.352. The zero-order valence-electron chi connectivity index (χ0n) is 54.6. The molecule has 6 saturated heterocycles. The summed E-state index contributed by atoms with van der Waals surface area (Å²) in [5.74, 6) is -4.57. The third-order valence-corrected chi connectivity index (χ3v) is 21.7. The van der Waals surface area contributed by atoms with Crippen LogP contribution in [0.4, 0.5) is 0 Å². The monoisotopic (exact) mass is 1250 g/mol. The molecule has 6 heterocycles. The molecule has 0 radical (unpaired) electrons. The zero-order chi connectivity index (χ0) is 64.5. The fourth-order valence-corrected chi connectivity index (χ4v) is 17.3. The van der Waals surface area contributed by atoms with Gasteiger partial charge in [-0.25, -0.2) is 4.79 Å². The van der Waals surface area contributed by atoms with Gasteiger partial charge in [-0.05, 0) is 104 Å². The number of amides is 1. The van der Waals surface area contributed by atoms with Crippen LogP contribution in [-0.2, 0) is 66.5 Å². The Labute approximate surface area is 525 Å². The number of aliphatic hydroxyl groups is 6. The van der Waals surface area contributed by atoms with E-state index in [0.717, 1.165) is 24.0 Å². The van der Waals surface area contributed by atoms with Crippen LogP contribution in [0.1, 0.15) is 161 Å². The molecule has 7 fully saturated rings. The molecule has 89 heavy (non-hydrogen) atoms. The molecule has 2 bridgehead atoms. The van der Waals surface area contributed by atoms with Crippen molar-refractivity contribution < 1.29 is 97.1 Å². The van der Waals surface area contributed by atoms with Crippen molar-refractivity contribution >= 4 is 17.7 Å². The minimum Gasteiger partial charge on any atom is -0.511 e. The van der Waals surface area contributed by atoms with Gasteiger partial charge in [0.1, 0.15) is 29.6 Å². The lowest BCUT2D eigenvalue weighted by Gasteiger charge is -2.57. The fourth-order valence-electron chi connectivity index (χ4n) is 17.3. The second-order valence-corrected chi connectivity index (χ2v) is 28.7. The maximum Gasteiger partial charge on any atom is 0.346 e. The van der Waals surface area contributed by atoms with Crippen molar-refractivity contribution in [3.05, 3.63) is 58.9 Å². The van der Waals surface area contributed by atoms with Gasteiger partial charge in [-0.15, -0.1) is 0 Å². The molecule has 21 heteroatoms. The summed E-state index contributed by atoms with van der Waals surface area (Å²) in [4.78, 5) is 42.8. The number of fused-ring (bicyclic) bond motifs is 4. The lowest BCUT2D eigenvalue weighted by Crippen LogP contribution is -2.62. The first kappa shape index (κ1) is 68.4. The van der Waals surface area contributed by atoms with Gasteiger partial charge in [0.05, 0.1) is 78.8 Å². The van der Waals surface area contributed by atoms with Crippen LogP contribution in [0.2, 0.25) is 0 Å². The maximum atomic E-state index is 15.7. The summed E-state index contributed by atoms with van der Waals surface area (Å²) in [5, 5.41) is 71.5. The summed E-state index contributed by atoms with van der Waals surface area (Å²) in [6.45, 7) is 26.3. The molecule has 21 nitrogen and oxygen atoms in total.